The molecule has 6 aromatic carbocycles. The van der Waals surface area contributed by atoms with Gasteiger partial charge in [0.25, 0.3) is 0 Å². The Morgan fingerprint density at radius 2 is 1.41 bits per heavy atom. The SMILES string of the molecule is C1=Cc2c(n(-c3ccccc3)c3ccccc23)CC1.Cc1ccc2oc3cccc(C4C=CC=[C-]C4)c3c2c1.Cc1ccccc1.N=[C-]c1ccccc1.[K+].[NH2-]. The van der Waals surface area contributed by atoms with E-state index in [4.69, 9.17) is 9.83 Å². The maximum atomic E-state index is 6.69. The molecule has 8 aromatic rings. The molecule has 0 radical (unpaired) electrons. The summed E-state index contributed by atoms with van der Waals surface area (Å²) in [5.74, 6) is 0.394. The van der Waals surface area contributed by atoms with Gasteiger partial charge in [-0.2, -0.15) is 23.8 Å². The molecule has 1 unspecified atom stereocenters. The van der Waals surface area contributed by atoms with Crippen molar-refractivity contribution in [2.75, 3.05) is 0 Å². The summed E-state index contributed by atoms with van der Waals surface area (Å²) in [6.45, 7) is 4.21. The fourth-order valence-electron chi connectivity index (χ4n) is 7.11. The van der Waals surface area contributed by atoms with Gasteiger partial charge in [0.15, 0.2) is 0 Å². The molecule has 0 fully saturated rings. The first-order valence-corrected chi connectivity index (χ1v) is 18.6. The van der Waals surface area contributed by atoms with Crippen LogP contribution >= 0.6 is 0 Å². The van der Waals surface area contributed by atoms with Gasteiger partial charge in [0, 0.05) is 33.1 Å². The summed E-state index contributed by atoms with van der Waals surface area (Å²) in [5, 5.41) is 10.5. The van der Waals surface area contributed by atoms with Crippen LogP contribution < -0.4 is 51.4 Å². The summed E-state index contributed by atoms with van der Waals surface area (Å²) in [6.07, 6.45) is 19.7. The molecule has 5 heteroatoms. The molecule has 0 bridgehead atoms. The van der Waals surface area contributed by atoms with Crippen molar-refractivity contribution >= 4 is 45.1 Å². The minimum atomic E-state index is 0. The van der Waals surface area contributed by atoms with E-state index in [1.54, 1.807) is 0 Å². The molecule has 0 aliphatic heterocycles. The number of fused-ring (bicyclic) bond motifs is 6. The first-order chi connectivity index (χ1) is 26.6. The molecule has 1 atom stereocenters. The number of hydrogen-bond donors (Lipinski definition) is 1. The van der Waals surface area contributed by atoms with Crippen LogP contribution in [0.25, 0.3) is 50.8 Å². The molecule has 274 valence electrons. The molecule has 4 nitrogen and oxygen atoms in total. The van der Waals surface area contributed by atoms with Gasteiger partial charge in [0.2, 0.25) is 0 Å². The summed E-state index contributed by atoms with van der Waals surface area (Å²) < 4.78 is 8.40. The molecular formula is C51H46KN3O-2. The Kier molecular flexibility index (Phi) is 15.8. The molecule has 0 saturated carbocycles. The zero-order valence-corrected chi connectivity index (χ0v) is 35.6. The number of allylic oxidation sites excluding steroid dienone is 5. The summed E-state index contributed by atoms with van der Waals surface area (Å²) in [6, 6.07) is 51.7. The van der Waals surface area contributed by atoms with E-state index in [1.807, 2.05) is 54.6 Å². The van der Waals surface area contributed by atoms with Crippen molar-refractivity contribution in [2.24, 2.45) is 0 Å². The molecule has 2 aliphatic carbocycles. The number of hydrogen-bond acceptors (Lipinski definition) is 2. The van der Waals surface area contributed by atoms with Crippen molar-refractivity contribution in [1.82, 2.24) is 4.57 Å². The Morgan fingerprint density at radius 1 is 0.714 bits per heavy atom. The molecule has 0 spiro atoms. The number of benzene rings is 6. The molecule has 3 N–H and O–H groups in total. The summed E-state index contributed by atoms with van der Waals surface area (Å²) in [5.41, 5.74) is 12.1. The molecule has 2 aliphatic rings. The van der Waals surface area contributed by atoms with Crippen LogP contribution in [0.4, 0.5) is 0 Å². The normalized spacial score (nSPS) is 13.4. The van der Waals surface area contributed by atoms with E-state index < -0.39 is 0 Å². The van der Waals surface area contributed by atoms with Gasteiger partial charge in [0.05, 0.1) is 5.52 Å². The predicted molar refractivity (Wildman–Crippen MR) is 233 cm³/mol. The summed E-state index contributed by atoms with van der Waals surface area (Å²) >= 11 is 0. The maximum absolute atomic E-state index is 6.69. The van der Waals surface area contributed by atoms with E-state index in [0.717, 1.165) is 36.0 Å². The monoisotopic (exact) mass is 755 g/mol. The van der Waals surface area contributed by atoms with Crippen LogP contribution in [0.15, 0.2) is 180 Å². The van der Waals surface area contributed by atoms with Crippen molar-refractivity contribution in [3.63, 3.8) is 0 Å². The Bertz CT molecular complexity index is 2560. The van der Waals surface area contributed by atoms with Gasteiger partial charge in [-0.05, 0) is 74.6 Å². The number of nitrogens with one attached hydrogen (secondary N) is 1. The fraction of sp³-hybridized carbons (Fsp3) is 0.118. The van der Waals surface area contributed by atoms with E-state index in [0.29, 0.717) is 5.92 Å². The minimum Gasteiger partial charge on any atom is -0.693 e. The molecule has 2 heterocycles. The molecular weight excluding hydrogens is 710 g/mol. The number of rotatable bonds is 3. The Balaban J connectivity index is 0.000000154. The molecule has 2 aromatic heterocycles. The third-order valence-electron chi connectivity index (χ3n) is 9.70. The first kappa shape index (κ1) is 42.3. The number of nitrogens with two attached hydrogens (primary N) is 1. The molecule has 56 heavy (non-hydrogen) atoms. The Morgan fingerprint density at radius 3 is 2.07 bits per heavy atom. The van der Waals surface area contributed by atoms with Gasteiger partial charge in [0.1, 0.15) is 11.2 Å². The Hall–Kier alpha value is -4.85. The number of aromatic nitrogens is 1. The topological polar surface area (TPSA) is 75.4 Å². The fourth-order valence-corrected chi connectivity index (χ4v) is 7.11. The maximum Gasteiger partial charge on any atom is 1.00 e. The Labute approximate surface area is 373 Å². The van der Waals surface area contributed by atoms with E-state index in [2.05, 4.69) is 158 Å². The van der Waals surface area contributed by atoms with Crippen LogP contribution in [-0.4, -0.2) is 10.8 Å². The van der Waals surface area contributed by atoms with Gasteiger partial charge >= 0.3 is 51.4 Å². The van der Waals surface area contributed by atoms with Gasteiger partial charge in [-0.1, -0.05) is 120 Å². The number of aryl methyl sites for hydroxylation is 2. The van der Waals surface area contributed by atoms with Gasteiger partial charge in [-0.15, -0.1) is 18.6 Å². The van der Waals surface area contributed by atoms with Crippen LogP contribution in [0, 0.1) is 25.3 Å². The van der Waals surface area contributed by atoms with Crippen molar-refractivity contribution in [2.45, 2.75) is 39.0 Å². The number of para-hydroxylation sites is 2. The van der Waals surface area contributed by atoms with Crippen LogP contribution in [0.1, 0.15) is 52.3 Å². The summed E-state index contributed by atoms with van der Waals surface area (Å²) in [4.78, 5) is 0. The van der Waals surface area contributed by atoms with Crippen LogP contribution in [0.5, 0.6) is 0 Å². The van der Waals surface area contributed by atoms with Gasteiger partial charge in [-0.25, -0.2) is 12.2 Å². The van der Waals surface area contributed by atoms with E-state index in [1.165, 1.54) is 55.3 Å². The second-order valence-electron chi connectivity index (χ2n) is 13.5. The third-order valence-corrected chi connectivity index (χ3v) is 9.70. The number of furan rings is 1. The predicted octanol–water partition coefficient (Wildman–Crippen LogP) is 11.2. The van der Waals surface area contributed by atoms with E-state index >= 15 is 0 Å². The molecule has 10 rings (SSSR count). The zero-order valence-electron chi connectivity index (χ0n) is 32.5. The second kappa shape index (κ2) is 20.9. The third kappa shape index (κ3) is 10.1. The quantitative estimate of drug-likeness (QED) is 0.109. The largest absolute Gasteiger partial charge is 1.00 e. The molecule has 0 saturated heterocycles. The van der Waals surface area contributed by atoms with Crippen LogP contribution in [-0.2, 0) is 6.42 Å². The second-order valence-corrected chi connectivity index (χ2v) is 13.5. The zero-order chi connectivity index (χ0) is 37.1. The van der Waals surface area contributed by atoms with Gasteiger partial charge < -0.3 is 20.5 Å². The minimum absolute atomic E-state index is 0. The summed E-state index contributed by atoms with van der Waals surface area (Å²) in [7, 11) is 0. The first-order valence-electron chi connectivity index (χ1n) is 18.6. The van der Waals surface area contributed by atoms with Gasteiger partial charge in [-0.3, -0.25) is 6.08 Å². The molecule has 0 amide bonds. The van der Waals surface area contributed by atoms with Crippen molar-refractivity contribution in [1.29, 1.82) is 5.41 Å². The van der Waals surface area contributed by atoms with Crippen LogP contribution in [0.3, 0.4) is 0 Å². The smallest absolute Gasteiger partial charge is 0.693 e. The average Bonchev–Trinajstić information content (AvgIpc) is 3.78. The van der Waals surface area contributed by atoms with Crippen LogP contribution in [0.2, 0.25) is 0 Å². The standard InChI is InChI=1S/C19H15O.C18H15N.C7H6N.C7H8.K.H2N/c1-13-10-11-17-16(12-13)19-15(8-5-9-18(19)20-17)14-6-3-2-4-7-14;1-2-8-14(9-3-1)19-17-12-6-4-10-15(17)16-11-5-7-13-18(16)19;8-6-7-4-2-1-3-5-7;1-7-5-3-2-4-6-7;;/h2-3,5-6,8-12,14H,7H2,1H3;1-6,8-12H,7,13H2;1-5,8H;2-6H,1H3;;1H2/q-1;;-1;;+1;-1. The van der Waals surface area contributed by atoms with Crippen molar-refractivity contribution in [3.8, 4) is 5.69 Å². The average molecular weight is 756 g/mol. The van der Waals surface area contributed by atoms with E-state index in [9.17, 15) is 0 Å². The van der Waals surface area contributed by atoms with E-state index in [-0.39, 0.29) is 57.5 Å². The van der Waals surface area contributed by atoms with Crippen molar-refractivity contribution < 1.29 is 55.8 Å². The number of nitrogens with zero attached hydrogens (tertiary/aromatic N) is 1. The van der Waals surface area contributed by atoms with Crippen molar-refractivity contribution in [3.05, 3.63) is 222 Å².